The summed E-state index contributed by atoms with van der Waals surface area (Å²) in [7, 11) is 0. The number of hydrogen-bond donors (Lipinski definition) is 0. The highest BCUT2D eigenvalue weighted by molar-refractivity contribution is 6.07. The van der Waals surface area contributed by atoms with Crippen LogP contribution < -0.4 is 0 Å². The molecule has 25 heavy (non-hydrogen) atoms. The summed E-state index contributed by atoms with van der Waals surface area (Å²) in [5.41, 5.74) is 4.84. The van der Waals surface area contributed by atoms with Gasteiger partial charge in [-0.2, -0.15) is 0 Å². The third-order valence-electron chi connectivity index (χ3n) is 5.27. The Kier molecular flexibility index (Phi) is 6.24. The van der Waals surface area contributed by atoms with Crippen LogP contribution in [0.25, 0.3) is 0 Å². The highest BCUT2D eigenvalue weighted by Crippen LogP contribution is 2.48. The van der Waals surface area contributed by atoms with E-state index in [1.165, 1.54) is 0 Å². The van der Waals surface area contributed by atoms with E-state index in [2.05, 4.69) is 34.3 Å². The fraction of sp³-hybridized carbons (Fsp3) is 0.652. The van der Waals surface area contributed by atoms with E-state index in [4.69, 9.17) is 0 Å². The number of carbonyl (C=O) groups excluding carboxylic acids is 2. The van der Waals surface area contributed by atoms with Crippen molar-refractivity contribution in [1.82, 2.24) is 0 Å². The third kappa shape index (κ3) is 4.59. The van der Waals surface area contributed by atoms with Crippen LogP contribution in [0, 0.1) is 11.3 Å². The van der Waals surface area contributed by atoms with Crippen molar-refractivity contribution in [3.05, 3.63) is 34.4 Å². The van der Waals surface area contributed by atoms with Gasteiger partial charge in [0.1, 0.15) is 0 Å². The van der Waals surface area contributed by atoms with Crippen LogP contribution >= 0.6 is 0 Å². The minimum atomic E-state index is 0.0212. The third-order valence-corrected chi connectivity index (χ3v) is 5.27. The Morgan fingerprint density at radius 3 is 2.20 bits per heavy atom. The summed E-state index contributed by atoms with van der Waals surface area (Å²) in [6.07, 6.45) is 6.85. The fourth-order valence-corrected chi connectivity index (χ4v) is 4.23. The van der Waals surface area contributed by atoms with Gasteiger partial charge in [0.15, 0.2) is 11.6 Å². The molecule has 0 atom stereocenters. The second-order valence-electron chi connectivity index (χ2n) is 8.69. The molecule has 2 aliphatic carbocycles. The van der Waals surface area contributed by atoms with Crippen molar-refractivity contribution >= 4 is 11.6 Å². The molecule has 2 rings (SSSR count). The van der Waals surface area contributed by atoms with Crippen molar-refractivity contribution < 1.29 is 9.59 Å². The van der Waals surface area contributed by atoms with E-state index in [1.807, 2.05) is 6.92 Å². The van der Waals surface area contributed by atoms with Crippen molar-refractivity contribution in [1.29, 1.82) is 0 Å². The summed E-state index contributed by atoms with van der Waals surface area (Å²) < 4.78 is 0. The highest BCUT2D eigenvalue weighted by atomic mass is 16.1. The Labute approximate surface area is 153 Å². The number of Topliss-reactive ketones (excluding diaryl/α,β-unsaturated/α-hetero) is 2. The maximum atomic E-state index is 13.0. The van der Waals surface area contributed by atoms with E-state index in [0.717, 1.165) is 66.4 Å². The molecule has 0 saturated heterocycles. The van der Waals surface area contributed by atoms with Gasteiger partial charge in [-0.3, -0.25) is 9.59 Å². The molecule has 0 heterocycles. The molecule has 1 fully saturated rings. The predicted octanol–water partition coefficient (Wildman–Crippen LogP) is 6.12. The van der Waals surface area contributed by atoms with Gasteiger partial charge in [-0.15, -0.1) is 0 Å². The van der Waals surface area contributed by atoms with Gasteiger partial charge in [-0.05, 0) is 61.5 Å². The molecule has 0 aliphatic heterocycles. The van der Waals surface area contributed by atoms with Crippen molar-refractivity contribution in [3.63, 3.8) is 0 Å². The summed E-state index contributed by atoms with van der Waals surface area (Å²) >= 11 is 0. The molecule has 2 nitrogen and oxygen atoms in total. The van der Waals surface area contributed by atoms with Gasteiger partial charge in [0, 0.05) is 24.0 Å². The Balaban J connectivity index is 2.62. The van der Waals surface area contributed by atoms with E-state index >= 15 is 0 Å². The van der Waals surface area contributed by atoms with Gasteiger partial charge >= 0.3 is 0 Å². The molecule has 2 aliphatic rings. The first-order chi connectivity index (χ1) is 11.7. The molecule has 138 valence electrons. The maximum absolute atomic E-state index is 13.0. The van der Waals surface area contributed by atoms with Crippen molar-refractivity contribution in [3.8, 4) is 0 Å². The maximum Gasteiger partial charge on any atom is 0.163 e. The summed E-state index contributed by atoms with van der Waals surface area (Å²) in [5.74, 6) is 0.780. The minimum Gasteiger partial charge on any atom is -0.294 e. The van der Waals surface area contributed by atoms with Crippen LogP contribution in [0.3, 0.4) is 0 Å². The number of carbonyl (C=O) groups is 2. The standard InChI is InChI=1S/C23H34O2/c1-7-9-15(3)20(18(24)10-8-2)22(17-11-12-17)21-16(4)13-23(5,6)14-19(21)25/h17H,3,7-14H2,1-2,4-6H3/b22-20+. The van der Waals surface area contributed by atoms with Crippen molar-refractivity contribution in [2.45, 2.75) is 86.0 Å². The van der Waals surface area contributed by atoms with Gasteiger partial charge in [-0.25, -0.2) is 0 Å². The van der Waals surface area contributed by atoms with Crippen LogP contribution in [0.4, 0.5) is 0 Å². The molecule has 0 amide bonds. The zero-order valence-corrected chi connectivity index (χ0v) is 16.8. The lowest BCUT2D eigenvalue weighted by Crippen LogP contribution is -2.27. The molecule has 0 aromatic carbocycles. The summed E-state index contributed by atoms with van der Waals surface area (Å²) in [6.45, 7) is 14.8. The van der Waals surface area contributed by atoms with Gasteiger partial charge in [0.05, 0.1) is 0 Å². The lowest BCUT2D eigenvalue weighted by Gasteiger charge is -2.33. The smallest absolute Gasteiger partial charge is 0.163 e. The molecule has 0 bridgehead atoms. The molecule has 0 aromatic heterocycles. The molecular formula is C23H34O2. The van der Waals surface area contributed by atoms with Crippen molar-refractivity contribution in [2.24, 2.45) is 11.3 Å². The SMILES string of the molecule is C=C(CCC)/C(C(=O)CCC)=C(\C1=C(C)CC(C)(C)CC1=O)C1CC1. The second kappa shape index (κ2) is 7.85. The van der Waals surface area contributed by atoms with Crippen LogP contribution in [0.1, 0.15) is 86.0 Å². The zero-order valence-electron chi connectivity index (χ0n) is 16.8. The summed E-state index contributed by atoms with van der Waals surface area (Å²) in [6, 6.07) is 0. The van der Waals surface area contributed by atoms with Gasteiger partial charge in [0.25, 0.3) is 0 Å². The molecule has 0 radical (unpaired) electrons. The summed E-state index contributed by atoms with van der Waals surface area (Å²) in [4.78, 5) is 26.0. The number of ketones is 2. The Bertz CT molecular complexity index is 619. The molecule has 1 saturated carbocycles. The first-order valence-corrected chi connectivity index (χ1v) is 9.90. The lowest BCUT2D eigenvalue weighted by atomic mass is 9.70. The Morgan fingerprint density at radius 2 is 1.72 bits per heavy atom. The average Bonchev–Trinajstić information content (AvgIpc) is 3.29. The van der Waals surface area contributed by atoms with Crippen LogP contribution in [0.15, 0.2) is 34.4 Å². The molecule has 2 heteroatoms. The average molecular weight is 343 g/mol. The molecular weight excluding hydrogens is 308 g/mol. The number of rotatable bonds is 8. The van der Waals surface area contributed by atoms with E-state index in [1.54, 1.807) is 0 Å². The first-order valence-electron chi connectivity index (χ1n) is 9.90. The lowest BCUT2D eigenvalue weighted by molar-refractivity contribution is -0.117. The van der Waals surface area contributed by atoms with Crippen LogP contribution in [0.2, 0.25) is 0 Å². The Hall–Kier alpha value is -1.44. The van der Waals surface area contributed by atoms with Crippen LogP contribution in [0.5, 0.6) is 0 Å². The van der Waals surface area contributed by atoms with E-state index in [9.17, 15) is 9.59 Å². The van der Waals surface area contributed by atoms with Gasteiger partial charge in [0.2, 0.25) is 0 Å². The normalized spacial score (nSPS) is 21.2. The molecule has 0 unspecified atom stereocenters. The molecule has 0 aromatic rings. The van der Waals surface area contributed by atoms with Crippen molar-refractivity contribution in [2.75, 3.05) is 0 Å². The predicted molar refractivity (Wildman–Crippen MR) is 104 cm³/mol. The van der Waals surface area contributed by atoms with E-state index in [0.29, 0.717) is 18.8 Å². The van der Waals surface area contributed by atoms with Gasteiger partial charge < -0.3 is 0 Å². The number of allylic oxidation sites excluding steroid dienone is 5. The summed E-state index contributed by atoms with van der Waals surface area (Å²) in [5, 5.41) is 0. The molecule has 0 N–H and O–H groups in total. The Morgan fingerprint density at radius 1 is 1.12 bits per heavy atom. The second-order valence-corrected chi connectivity index (χ2v) is 8.69. The molecule has 0 spiro atoms. The fourth-order valence-electron chi connectivity index (χ4n) is 4.23. The largest absolute Gasteiger partial charge is 0.294 e. The van der Waals surface area contributed by atoms with Crippen LogP contribution in [-0.4, -0.2) is 11.6 Å². The quantitative estimate of drug-likeness (QED) is 0.393. The zero-order chi connectivity index (χ0) is 18.8. The van der Waals surface area contributed by atoms with E-state index < -0.39 is 0 Å². The monoisotopic (exact) mass is 342 g/mol. The van der Waals surface area contributed by atoms with Crippen LogP contribution in [-0.2, 0) is 9.59 Å². The minimum absolute atomic E-state index is 0.0212. The highest BCUT2D eigenvalue weighted by Gasteiger charge is 2.40. The van der Waals surface area contributed by atoms with E-state index in [-0.39, 0.29) is 17.0 Å². The van der Waals surface area contributed by atoms with Gasteiger partial charge in [-0.1, -0.05) is 46.3 Å². The topological polar surface area (TPSA) is 34.1 Å². The first kappa shape index (κ1) is 19.9. The number of hydrogen-bond acceptors (Lipinski definition) is 2.